The van der Waals surface area contributed by atoms with Gasteiger partial charge < -0.3 is 9.54 Å². The minimum absolute atomic E-state index is 0.286. The zero-order chi connectivity index (χ0) is 11.8. The minimum atomic E-state index is -2.18. The van der Waals surface area contributed by atoms with Crippen molar-refractivity contribution in [2.45, 2.75) is 4.90 Å². The van der Waals surface area contributed by atoms with Crippen molar-refractivity contribution in [1.82, 2.24) is 4.98 Å². The van der Waals surface area contributed by atoms with Crippen molar-refractivity contribution in [2.24, 2.45) is 0 Å². The highest BCUT2D eigenvalue weighted by molar-refractivity contribution is 7.79. The molecule has 0 spiro atoms. The average molecular weight is 262 g/mol. The fourth-order valence-corrected chi connectivity index (χ4v) is 3.13. The van der Waals surface area contributed by atoms with Crippen LogP contribution in [0.5, 0.6) is 0 Å². The third-order valence-electron chi connectivity index (χ3n) is 2.62. The average Bonchev–Trinajstić information content (AvgIpc) is 2.97. The van der Waals surface area contributed by atoms with Gasteiger partial charge in [0.1, 0.15) is 0 Å². The Morgan fingerprint density at radius 3 is 2.94 bits per heavy atom. The van der Waals surface area contributed by atoms with E-state index in [0.717, 1.165) is 16.0 Å². The molecule has 17 heavy (non-hydrogen) atoms. The van der Waals surface area contributed by atoms with Crippen molar-refractivity contribution in [3.8, 4) is 11.3 Å². The molecule has 1 atom stereocenters. The van der Waals surface area contributed by atoms with Gasteiger partial charge in [0.05, 0.1) is 0 Å². The Morgan fingerprint density at radius 2 is 2.18 bits per heavy atom. The molecule has 0 fully saturated rings. The van der Waals surface area contributed by atoms with Crippen molar-refractivity contribution in [1.29, 1.82) is 0 Å². The molecule has 1 unspecified atom stereocenters. The molecule has 0 bridgehead atoms. The van der Waals surface area contributed by atoms with Crippen LogP contribution >= 0.6 is 11.3 Å². The fourth-order valence-electron chi connectivity index (χ4n) is 1.83. The van der Waals surface area contributed by atoms with Crippen LogP contribution in [0.25, 0.3) is 21.3 Å². The zero-order valence-corrected chi connectivity index (χ0v) is 10.3. The molecule has 1 aromatic carbocycles. The molecule has 3 rings (SSSR count). The highest BCUT2D eigenvalue weighted by Crippen LogP contribution is 2.32. The number of aromatic nitrogens is 1. The lowest BCUT2D eigenvalue weighted by Gasteiger charge is -2.00. The molecule has 0 saturated carbocycles. The summed E-state index contributed by atoms with van der Waals surface area (Å²) >= 11 is -0.531. The topological polar surface area (TPSA) is 55.9 Å². The molecule has 0 amide bonds. The van der Waals surface area contributed by atoms with Crippen molar-refractivity contribution in [3.05, 3.63) is 41.9 Å². The van der Waals surface area contributed by atoms with Crippen LogP contribution in [0.1, 0.15) is 0 Å². The molecule has 0 aliphatic heterocycles. The molecule has 2 heterocycles. The molecule has 5 heteroatoms. The largest absolute Gasteiger partial charge is 0.768 e. The molecule has 0 aliphatic rings. The van der Waals surface area contributed by atoms with Crippen molar-refractivity contribution >= 4 is 32.5 Å². The Bertz CT molecular complexity index is 699. The SMILES string of the molecule is O=S([O-])c1c[nH]c(-c2cccc3ccsc23)c1. The third kappa shape index (κ3) is 1.82. The Hall–Kier alpha value is -1.43. The van der Waals surface area contributed by atoms with Crippen molar-refractivity contribution in [3.63, 3.8) is 0 Å². The molecule has 0 saturated heterocycles. The summed E-state index contributed by atoms with van der Waals surface area (Å²) in [4.78, 5) is 3.28. The van der Waals surface area contributed by atoms with Crippen LogP contribution in [0, 0.1) is 0 Å². The lowest BCUT2D eigenvalue weighted by molar-refractivity contribution is 0.537. The summed E-state index contributed by atoms with van der Waals surface area (Å²) in [5.41, 5.74) is 1.87. The van der Waals surface area contributed by atoms with Crippen LogP contribution in [0.2, 0.25) is 0 Å². The second kappa shape index (κ2) is 4.10. The number of H-pyrrole nitrogens is 1. The monoisotopic (exact) mass is 262 g/mol. The van der Waals surface area contributed by atoms with Gasteiger partial charge in [0.25, 0.3) is 0 Å². The first-order valence-electron chi connectivity index (χ1n) is 5.00. The quantitative estimate of drug-likeness (QED) is 0.721. The predicted molar refractivity (Wildman–Crippen MR) is 68.8 cm³/mol. The number of nitrogens with one attached hydrogen (secondary N) is 1. The molecular formula is C12H8NO2S2-. The number of aromatic amines is 1. The molecule has 3 nitrogen and oxygen atoms in total. The molecular weight excluding hydrogens is 254 g/mol. The smallest absolute Gasteiger partial charge is 0.0480 e. The lowest BCUT2D eigenvalue weighted by atomic mass is 10.1. The van der Waals surface area contributed by atoms with Gasteiger partial charge in [0.2, 0.25) is 0 Å². The van der Waals surface area contributed by atoms with Gasteiger partial charge in [-0.2, -0.15) is 0 Å². The van der Waals surface area contributed by atoms with E-state index < -0.39 is 11.1 Å². The van der Waals surface area contributed by atoms with Crippen LogP contribution in [0.4, 0.5) is 0 Å². The molecule has 86 valence electrons. The first-order chi connectivity index (χ1) is 8.25. The second-order valence-corrected chi connectivity index (χ2v) is 5.49. The van der Waals surface area contributed by atoms with Gasteiger partial charge in [-0.1, -0.05) is 18.2 Å². The van der Waals surface area contributed by atoms with Gasteiger partial charge >= 0.3 is 0 Å². The van der Waals surface area contributed by atoms with E-state index in [1.54, 1.807) is 17.4 Å². The predicted octanol–water partition coefficient (Wildman–Crippen LogP) is 3.13. The van der Waals surface area contributed by atoms with Gasteiger partial charge in [-0.25, -0.2) is 0 Å². The third-order valence-corrected chi connectivity index (χ3v) is 4.20. The summed E-state index contributed by atoms with van der Waals surface area (Å²) in [6.07, 6.45) is 1.50. The number of thiophene rings is 1. The standard InChI is InChI=1S/C12H9NO2S2/c14-17(15)9-6-11(13-7-9)10-3-1-2-8-4-5-16-12(8)10/h1-7,13H,(H,14,15)/p-1. The Balaban J connectivity index is 2.19. The van der Waals surface area contributed by atoms with Crippen LogP contribution in [0.15, 0.2) is 46.8 Å². The first-order valence-corrected chi connectivity index (χ1v) is 6.95. The van der Waals surface area contributed by atoms with E-state index in [4.69, 9.17) is 0 Å². The first kappa shape index (κ1) is 10.7. The summed E-state index contributed by atoms with van der Waals surface area (Å²) < 4.78 is 22.8. The van der Waals surface area contributed by atoms with Crippen LogP contribution in [0.3, 0.4) is 0 Å². The van der Waals surface area contributed by atoms with Gasteiger partial charge in [-0.3, -0.25) is 4.21 Å². The van der Waals surface area contributed by atoms with Crippen LogP contribution in [-0.2, 0) is 11.1 Å². The number of rotatable bonds is 2. The van der Waals surface area contributed by atoms with E-state index in [9.17, 15) is 8.76 Å². The summed E-state index contributed by atoms with van der Waals surface area (Å²) in [5.74, 6) is 0. The van der Waals surface area contributed by atoms with Gasteiger partial charge in [0, 0.05) is 27.0 Å². The number of fused-ring (bicyclic) bond motifs is 1. The summed E-state index contributed by atoms with van der Waals surface area (Å²) in [6.45, 7) is 0. The van der Waals surface area contributed by atoms with Gasteiger partial charge in [-0.05, 0) is 34.0 Å². The highest BCUT2D eigenvalue weighted by atomic mass is 32.2. The summed E-state index contributed by atoms with van der Waals surface area (Å²) in [7, 11) is 0. The van der Waals surface area contributed by atoms with Crippen molar-refractivity contribution in [2.75, 3.05) is 0 Å². The number of hydrogen-bond donors (Lipinski definition) is 1. The maximum Gasteiger partial charge on any atom is 0.0480 e. The fraction of sp³-hybridized carbons (Fsp3) is 0. The maximum absolute atomic E-state index is 10.8. The van der Waals surface area contributed by atoms with E-state index in [2.05, 4.69) is 11.1 Å². The maximum atomic E-state index is 10.8. The van der Waals surface area contributed by atoms with E-state index in [-0.39, 0.29) is 4.90 Å². The van der Waals surface area contributed by atoms with E-state index in [0.29, 0.717) is 0 Å². The molecule has 3 aromatic rings. The summed E-state index contributed by atoms with van der Waals surface area (Å²) in [6, 6.07) is 9.71. The second-order valence-electron chi connectivity index (χ2n) is 3.63. The van der Waals surface area contributed by atoms with Crippen LogP contribution in [-0.4, -0.2) is 13.7 Å². The van der Waals surface area contributed by atoms with Crippen molar-refractivity contribution < 1.29 is 8.76 Å². The van der Waals surface area contributed by atoms with E-state index in [1.165, 1.54) is 11.6 Å². The molecule has 0 aliphatic carbocycles. The minimum Gasteiger partial charge on any atom is -0.768 e. The van der Waals surface area contributed by atoms with E-state index >= 15 is 0 Å². The normalized spacial score (nSPS) is 13.0. The Labute approximate surface area is 104 Å². The van der Waals surface area contributed by atoms with E-state index in [1.807, 2.05) is 23.6 Å². The van der Waals surface area contributed by atoms with Gasteiger partial charge in [-0.15, -0.1) is 11.3 Å². The zero-order valence-electron chi connectivity index (χ0n) is 8.67. The van der Waals surface area contributed by atoms with Crippen LogP contribution < -0.4 is 0 Å². The van der Waals surface area contributed by atoms with Gasteiger partial charge in [0.15, 0.2) is 0 Å². The number of hydrogen-bond acceptors (Lipinski definition) is 3. The Kier molecular flexibility index (Phi) is 2.58. The molecule has 2 aromatic heterocycles. The highest BCUT2D eigenvalue weighted by Gasteiger charge is 2.07. The summed E-state index contributed by atoms with van der Waals surface area (Å²) in [5, 5.41) is 3.20. The lowest BCUT2D eigenvalue weighted by Crippen LogP contribution is -1.83. The molecule has 0 radical (unpaired) electrons. The number of benzene rings is 1. The Morgan fingerprint density at radius 1 is 1.29 bits per heavy atom. The molecule has 1 N–H and O–H groups in total.